The lowest BCUT2D eigenvalue weighted by molar-refractivity contribution is -0.125. The molecular formula is C30H35Cl2FN4O3. The van der Waals surface area contributed by atoms with Gasteiger partial charge in [-0.15, -0.1) is 0 Å². The van der Waals surface area contributed by atoms with Crippen LogP contribution in [0.4, 0.5) is 10.1 Å². The van der Waals surface area contributed by atoms with Crippen LogP contribution in [-0.4, -0.2) is 45.6 Å². The van der Waals surface area contributed by atoms with Crippen molar-refractivity contribution in [3.63, 3.8) is 0 Å². The lowest BCUT2D eigenvalue weighted by Gasteiger charge is -2.50. The zero-order valence-electron chi connectivity index (χ0n) is 22.7. The van der Waals surface area contributed by atoms with Gasteiger partial charge in [0.2, 0.25) is 11.8 Å². The average Bonchev–Trinajstić information content (AvgIpc) is 3.37. The maximum atomic E-state index is 15.9. The Morgan fingerprint density at radius 3 is 2.50 bits per heavy atom. The molecule has 3 heterocycles. The summed E-state index contributed by atoms with van der Waals surface area (Å²) in [7, 11) is 0. The number of fused-ring (bicyclic) bond motifs is 3. The Bertz CT molecular complexity index is 1350. The molecule has 0 unspecified atom stereocenters. The van der Waals surface area contributed by atoms with E-state index in [2.05, 4.69) is 34.8 Å². The number of halogens is 3. The zero-order valence-corrected chi connectivity index (χ0v) is 24.2. The summed E-state index contributed by atoms with van der Waals surface area (Å²) in [6, 6.07) is 5.84. The van der Waals surface area contributed by atoms with E-state index in [4.69, 9.17) is 23.2 Å². The second-order valence-electron chi connectivity index (χ2n) is 12.8. The topological polar surface area (TPSA) is 103 Å². The van der Waals surface area contributed by atoms with Crippen molar-refractivity contribution < 1.29 is 19.1 Å². The fraction of sp³-hybridized carbons (Fsp3) is 0.567. The molecule has 3 atom stereocenters. The molecule has 0 bridgehead atoms. The molecule has 2 aliphatic heterocycles. The van der Waals surface area contributed by atoms with E-state index in [1.54, 1.807) is 18.2 Å². The molecule has 1 saturated heterocycles. The molecule has 2 spiro atoms. The summed E-state index contributed by atoms with van der Waals surface area (Å²) in [5.41, 5.74) is -0.565. The van der Waals surface area contributed by atoms with Crippen LogP contribution in [0, 0.1) is 11.2 Å². The third kappa shape index (κ3) is 4.25. The van der Waals surface area contributed by atoms with Crippen molar-refractivity contribution in [1.82, 2.24) is 15.6 Å². The predicted octanol–water partition coefficient (Wildman–Crippen LogP) is 5.23. The highest BCUT2D eigenvalue weighted by Gasteiger charge is 2.73. The number of hydrogen-bond acceptors (Lipinski definition) is 5. The fourth-order valence-electron chi connectivity index (χ4n) is 7.84. The Morgan fingerprint density at radius 1 is 1.10 bits per heavy atom. The molecule has 1 aromatic heterocycles. The molecule has 0 radical (unpaired) electrons. The van der Waals surface area contributed by atoms with Gasteiger partial charge in [-0.25, -0.2) is 9.37 Å². The molecule has 4 aliphatic rings. The highest BCUT2D eigenvalue weighted by molar-refractivity contribution is 6.31. The minimum Gasteiger partial charge on any atom is -0.393 e. The van der Waals surface area contributed by atoms with Gasteiger partial charge in [0.1, 0.15) is 5.41 Å². The maximum Gasteiger partial charge on any atom is 0.238 e. The van der Waals surface area contributed by atoms with Gasteiger partial charge in [-0.05, 0) is 86.1 Å². The lowest BCUT2D eigenvalue weighted by Crippen LogP contribution is -2.61. The van der Waals surface area contributed by atoms with Crippen LogP contribution in [0.5, 0.6) is 0 Å². The first-order valence-corrected chi connectivity index (χ1v) is 14.9. The summed E-state index contributed by atoms with van der Waals surface area (Å²) < 4.78 is 15.9. The molecule has 4 N–H and O–H groups in total. The van der Waals surface area contributed by atoms with Crippen LogP contribution in [0.15, 0.2) is 30.5 Å². The zero-order chi connectivity index (χ0) is 28.4. The molecule has 6 rings (SSSR count). The van der Waals surface area contributed by atoms with E-state index in [1.807, 2.05) is 6.07 Å². The Kier molecular flexibility index (Phi) is 6.92. The van der Waals surface area contributed by atoms with Gasteiger partial charge in [0, 0.05) is 34.4 Å². The van der Waals surface area contributed by atoms with Gasteiger partial charge < -0.3 is 15.7 Å². The van der Waals surface area contributed by atoms with Crippen LogP contribution < -0.4 is 16.0 Å². The van der Waals surface area contributed by atoms with Crippen LogP contribution in [-0.2, 0) is 15.0 Å². The number of pyridine rings is 1. The third-order valence-corrected chi connectivity index (χ3v) is 10.5. The summed E-state index contributed by atoms with van der Waals surface area (Å²) in [5, 5.41) is 20.0. The van der Waals surface area contributed by atoms with E-state index >= 15 is 4.39 Å². The molecule has 2 aromatic rings. The molecule has 2 aliphatic carbocycles. The molecular weight excluding hydrogens is 554 g/mol. The first kappa shape index (κ1) is 27.9. The van der Waals surface area contributed by atoms with Crippen LogP contribution >= 0.6 is 23.2 Å². The van der Waals surface area contributed by atoms with Crippen LogP contribution in [0.1, 0.15) is 82.3 Å². The number of nitrogens with zero attached hydrogens (tertiary/aromatic N) is 1. The quantitative estimate of drug-likeness (QED) is 0.367. The van der Waals surface area contributed by atoms with Crippen molar-refractivity contribution in [2.45, 2.75) is 100 Å². The van der Waals surface area contributed by atoms with Crippen molar-refractivity contribution >= 4 is 40.7 Å². The Hall–Kier alpha value is -2.26. The van der Waals surface area contributed by atoms with Crippen molar-refractivity contribution in [1.29, 1.82) is 0 Å². The van der Waals surface area contributed by atoms with Gasteiger partial charge in [-0.3, -0.25) is 14.9 Å². The minimum absolute atomic E-state index is 0.0655. The van der Waals surface area contributed by atoms with Gasteiger partial charge in [-0.2, -0.15) is 0 Å². The van der Waals surface area contributed by atoms with Crippen molar-refractivity contribution in [2.24, 2.45) is 5.41 Å². The van der Waals surface area contributed by atoms with Gasteiger partial charge >= 0.3 is 0 Å². The molecule has 2 saturated carbocycles. The van der Waals surface area contributed by atoms with Gasteiger partial charge in [-0.1, -0.05) is 43.1 Å². The molecule has 3 fully saturated rings. The van der Waals surface area contributed by atoms with Gasteiger partial charge in [0.25, 0.3) is 0 Å². The van der Waals surface area contributed by atoms with Crippen molar-refractivity contribution in [3.05, 3.63) is 57.6 Å². The smallest absolute Gasteiger partial charge is 0.238 e. The van der Waals surface area contributed by atoms with Crippen LogP contribution in [0.2, 0.25) is 10.2 Å². The predicted molar refractivity (Wildman–Crippen MR) is 152 cm³/mol. The normalized spacial score (nSPS) is 32.2. The number of hydrogen-bond donors (Lipinski definition) is 4. The molecule has 1 aromatic carbocycles. The van der Waals surface area contributed by atoms with E-state index in [0.29, 0.717) is 54.8 Å². The highest BCUT2D eigenvalue weighted by atomic mass is 35.5. The highest BCUT2D eigenvalue weighted by Crippen LogP contribution is 2.64. The number of benzene rings is 1. The average molecular weight is 590 g/mol. The van der Waals surface area contributed by atoms with Crippen LogP contribution in [0.25, 0.3) is 0 Å². The van der Waals surface area contributed by atoms with Crippen LogP contribution in [0.3, 0.4) is 0 Å². The maximum absolute atomic E-state index is 15.9. The standard InChI is InChI=1S/C30H35Cl2FN4O3/c1-28(2)10-12-29(13-11-28)30(20-8-3-16(31)15-21(20)36-27(30)40)22(19-9-14-34-25(32)23(19)33)24(37-29)26(39)35-17-4-6-18(38)7-5-17/h3,8-9,14-15,17-18,22,24,37-38H,4-7,10-13H2,1-2H3,(H,35,39)(H,36,40)/t17-,18-,22-,24+,30+/m0/s1. The van der Waals surface area contributed by atoms with E-state index in [1.165, 1.54) is 6.20 Å². The second-order valence-corrected chi connectivity index (χ2v) is 13.6. The number of nitrogens with one attached hydrogen (secondary N) is 3. The number of anilines is 1. The van der Waals surface area contributed by atoms with E-state index in [-0.39, 0.29) is 40.1 Å². The van der Waals surface area contributed by atoms with E-state index in [9.17, 15) is 14.7 Å². The number of carbonyl (C=O) groups is 2. The Labute approximate surface area is 243 Å². The molecule has 10 heteroatoms. The summed E-state index contributed by atoms with van der Waals surface area (Å²) in [6.07, 6.45) is 6.53. The number of aromatic nitrogens is 1. The molecule has 40 heavy (non-hydrogen) atoms. The Balaban J connectivity index is 1.54. The summed E-state index contributed by atoms with van der Waals surface area (Å²) in [6.45, 7) is 4.43. The fourth-order valence-corrected chi connectivity index (χ4v) is 8.18. The number of aliphatic hydroxyl groups is 1. The molecule has 7 nitrogen and oxygen atoms in total. The SMILES string of the molecule is CC1(C)CCC2(CC1)N[C@@H](C(=O)N[C@H]1CC[C@H](O)CC1)[C@H](c1ccnc(Cl)c1F)[C@]21C(=O)Nc2cc(Cl)ccc21. The second kappa shape index (κ2) is 9.93. The largest absolute Gasteiger partial charge is 0.393 e. The summed E-state index contributed by atoms with van der Waals surface area (Å²) in [4.78, 5) is 32.6. The van der Waals surface area contributed by atoms with Gasteiger partial charge in [0.15, 0.2) is 11.0 Å². The first-order chi connectivity index (χ1) is 19.0. The third-order valence-electron chi connectivity index (χ3n) is 9.99. The first-order valence-electron chi connectivity index (χ1n) is 14.1. The number of carbonyl (C=O) groups excluding carboxylic acids is 2. The minimum atomic E-state index is -1.29. The number of aliphatic hydroxyl groups excluding tert-OH is 1. The Morgan fingerprint density at radius 2 is 1.80 bits per heavy atom. The van der Waals surface area contributed by atoms with E-state index < -0.39 is 28.7 Å². The van der Waals surface area contributed by atoms with Gasteiger partial charge in [0.05, 0.1) is 12.1 Å². The molecule has 214 valence electrons. The van der Waals surface area contributed by atoms with Crippen molar-refractivity contribution in [2.75, 3.05) is 5.32 Å². The summed E-state index contributed by atoms with van der Waals surface area (Å²) >= 11 is 12.6. The lowest BCUT2D eigenvalue weighted by atomic mass is 9.53. The summed E-state index contributed by atoms with van der Waals surface area (Å²) in [5.74, 6) is -2.18. The monoisotopic (exact) mass is 588 g/mol. The number of amides is 2. The number of rotatable bonds is 3. The van der Waals surface area contributed by atoms with E-state index in [0.717, 1.165) is 12.8 Å². The van der Waals surface area contributed by atoms with Crippen molar-refractivity contribution in [3.8, 4) is 0 Å². The molecule has 2 amide bonds.